The second-order valence-electron chi connectivity index (χ2n) is 29.3. The van der Waals surface area contributed by atoms with Gasteiger partial charge in [0.05, 0.1) is 82.0 Å². The normalized spacial score (nSPS) is 19.0. The van der Waals surface area contributed by atoms with Crippen molar-refractivity contribution >= 4 is 118 Å². The largest absolute Gasteiger partial charge is 0.490 e. The molecule has 0 saturated heterocycles. The molecular formula is C72H85Br4Cl3N14O11. The number of hydrogen-bond donors (Lipinski definition) is 6. The quantitative estimate of drug-likeness (QED) is 0.0844. The number of aromatic nitrogens is 6. The molecule has 0 bridgehead atoms. The van der Waals surface area contributed by atoms with Crippen molar-refractivity contribution in [2.45, 2.75) is 196 Å². The number of nitrogens with one attached hydrogen (secondary N) is 3. The van der Waals surface area contributed by atoms with E-state index in [0.29, 0.717) is 88.4 Å². The number of hydrogen-bond acceptors (Lipinski definition) is 23. The molecule has 0 unspecified atom stereocenters. The SMILES string of the molecule is Brc1cncc2c1OCC1(CC1)NC2.CC(C)(C)OC(=O)N1Cc2cncc(Br)c2OCC12CC2.CC(C)(C)OC(=O)N1Cc2cncc(C#N)c2OCC12CC2.Cl.N#Cc1cncc2c1OCC1(CC1)NC2.NC1(CO)CC1.O=Cc1cncc(Br)c1Cl.OCC1(NCc2cncc(Br)c2Cl)CC1. The summed E-state index contributed by atoms with van der Waals surface area (Å²) in [5.74, 6) is 2.98. The molecule has 0 atom stereocenters. The number of aliphatic hydroxyl groups is 2. The van der Waals surface area contributed by atoms with Gasteiger partial charge in [0.25, 0.3) is 0 Å². The minimum Gasteiger partial charge on any atom is -0.490 e. The number of rotatable bonds is 6. The van der Waals surface area contributed by atoms with Crippen LogP contribution in [-0.2, 0) is 42.2 Å². The Morgan fingerprint density at radius 1 is 0.567 bits per heavy atom. The molecular weight excluding hydrogens is 1660 g/mol. The Hall–Kier alpha value is -6.16. The first-order valence-corrected chi connectivity index (χ1v) is 37.7. The average Bonchev–Trinajstić information content (AvgIpc) is 1.60. The zero-order valence-electron chi connectivity index (χ0n) is 58.6. The molecule has 10 heterocycles. The standard InChI is InChI=1S/C16H19N3O3.C15H19BrN2O3.C11H11N3O.C10H12BrClN2O.C10H11BrN2O.C6H3BrClNO.C4H9NO.ClH/c1-15(2,3)22-14(20)19-9-12-8-18-7-11(6-17)13(12)21-10-16(19)4-5-16;1-14(2,3)21-13(19)18-8-10-6-17-7-11(16)12(10)20-9-15(18)4-5-15;12-3-8-4-13-5-9-6-14-11(1-2-11)7-15-10(8)9;11-8-5-13-3-7(9(8)12)4-14-10(6-15)1-2-10;11-8-5-12-3-7-4-13-10(1-2-10)6-14-9(7)8;7-5-2-9-1-4(3-10)6(5)8;5-4(3-6)1-2-4;/h7-8H,4-5,9-10H2,1-3H3;6-7H,4-5,8-9H2,1-3H3;4-5,14H,1-2,6-7H2;3,5,14-15H,1-2,4,6H2;3,5,13H,1-2,4,6H2;1-3H;6H,1-3,5H2;1H. The van der Waals surface area contributed by atoms with Crippen LogP contribution in [0.15, 0.2) is 92.3 Å². The second-order valence-corrected chi connectivity index (χ2v) is 33.5. The summed E-state index contributed by atoms with van der Waals surface area (Å²) in [4.78, 5) is 63.1. The van der Waals surface area contributed by atoms with E-state index in [0.717, 1.165) is 137 Å². The summed E-state index contributed by atoms with van der Waals surface area (Å²) < 4.78 is 37.6. The van der Waals surface area contributed by atoms with Crippen molar-refractivity contribution < 1.29 is 53.0 Å². The van der Waals surface area contributed by atoms with Crippen LogP contribution in [0.25, 0.3) is 0 Å². The Morgan fingerprint density at radius 2 is 0.962 bits per heavy atom. The van der Waals surface area contributed by atoms with Gasteiger partial charge in [-0.1, -0.05) is 23.2 Å². The van der Waals surface area contributed by atoms with Gasteiger partial charge >= 0.3 is 12.2 Å². The van der Waals surface area contributed by atoms with Gasteiger partial charge in [0.2, 0.25) is 0 Å². The number of nitriles is 2. The molecule has 6 aromatic rings. The van der Waals surface area contributed by atoms with Crippen LogP contribution >= 0.6 is 99.3 Å². The van der Waals surface area contributed by atoms with Crippen LogP contribution in [0, 0.1) is 22.7 Å². The maximum atomic E-state index is 12.5. The highest BCUT2D eigenvalue weighted by molar-refractivity contribution is 9.11. The first-order chi connectivity index (χ1) is 49.0. The van der Waals surface area contributed by atoms with Crippen molar-refractivity contribution in [1.82, 2.24) is 55.7 Å². The Morgan fingerprint density at radius 3 is 1.38 bits per heavy atom. The van der Waals surface area contributed by atoms with Crippen LogP contribution < -0.4 is 40.6 Å². The molecule has 16 rings (SSSR count). The predicted molar refractivity (Wildman–Crippen MR) is 405 cm³/mol. The summed E-state index contributed by atoms with van der Waals surface area (Å²) in [5.41, 5.74) is 10.1. The molecule has 2 amide bonds. The van der Waals surface area contributed by atoms with E-state index in [-0.39, 0.29) is 71.0 Å². The van der Waals surface area contributed by atoms with E-state index in [1.54, 1.807) is 59.4 Å². The third-order valence-electron chi connectivity index (χ3n) is 18.6. The van der Waals surface area contributed by atoms with Crippen molar-refractivity contribution in [2.24, 2.45) is 5.73 Å². The summed E-state index contributed by atoms with van der Waals surface area (Å²) in [6.45, 7) is 16.9. The molecule has 104 heavy (non-hydrogen) atoms. The molecule has 6 fully saturated rings. The first-order valence-electron chi connectivity index (χ1n) is 33.8. The number of aldehydes is 1. The van der Waals surface area contributed by atoms with Gasteiger partial charge in [0, 0.05) is 133 Å². The molecule has 4 aliphatic heterocycles. The fourth-order valence-electron chi connectivity index (χ4n) is 11.0. The molecule has 4 spiro atoms. The number of pyridine rings is 6. The Kier molecular flexibility index (Phi) is 27.1. The lowest BCUT2D eigenvalue weighted by atomic mass is 10.1. The maximum absolute atomic E-state index is 12.5. The van der Waals surface area contributed by atoms with Gasteiger partial charge in [0.15, 0.2) is 6.29 Å². The molecule has 6 aromatic heterocycles. The molecule has 0 radical (unpaired) electrons. The Balaban J connectivity index is 0.000000144. The Labute approximate surface area is 655 Å². The summed E-state index contributed by atoms with van der Waals surface area (Å²) in [7, 11) is 0. The molecule has 32 heteroatoms. The van der Waals surface area contributed by atoms with Gasteiger partial charge in [-0.25, -0.2) is 9.59 Å². The zero-order chi connectivity index (χ0) is 74.2. The number of carbonyl (C=O) groups is 3. The third kappa shape index (κ3) is 21.6. The second kappa shape index (κ2) is 34.4. The lowest BCUT2D eigenvalue weighted by Crippen LogP contribution is -2.46. The van der Waals surface area contributed by atoms with Crippen LogP contribution in [0.4, 0.5) is 9.59 Å². The summed E-state index contributed by atoms with van der Waals surface area (Å²) >= 11 is 25.2. The lowest BCUT2D eigenvalue weighted by Gasteiger charge is -2.31. The van der Waals surface area contributed by atoms with Crippen LogP contribution in [-0.4, -0.2) is 152 Å². The van der Waals surface area contributed by atoms with Crippen molar-refractivity contribution in [3.8, 4) is 35.1 Å². The van der Waals surface area contributed by atoms with Crippen molar-refractivity contribution in [3.05, 3.63) is 147 Å². The maximum Gasteiger partial charge on any atom is 0.411 e. The smallest absolute Gasteiger partial charge is 0.411 e. The van der Waals surface area contributed by atoms with E-state index >= 15 is 0 Å². The number of aliphatic hydroxyl groups excluding tert-OH is 2. The monoisotopic (exact) mass is 1740 g/mol. The summed E-state index contributed by atoms with van der Waals surface area (Å²) in [5, 5.41) is 47.0. The number of nitrogens with zero attached hydrogens (tertiary/aromatic N) is 10. The number of nitrogens with two attached hydrogens (primary N) is 1. The van der Waals surface area contributed by atoms with Gasteiger partial charge in [-0.3, -0.25) is 44.5 Å². The molecule has 25 nitrogen and oxygen atoms in total. The van der Waals surface area contributed by atoms with E-state index in [9.17, 15) is 19.6 Å². The first kappa shape index (κ1) is 81.9. The highest BCUT2D eigenvalue weighted by atomic mass is 79.9. The van der Waals surface area contributed by atoms with Gasteiger partial charge in [-0.05, 0) is 182 Å². The number of carbonyl (C=O) groups excluding carboxylic acids is 3. The number of ether oxygens (including phenoxy) is 6. The van der Waals surface area contributed by atoms with Crippen LogP contribution in [0.2, 0.25) is 10.0 Å². The van der Waals surface area contributed by atoms with E-state index in [1.165, 1.54) is 31.4 Å². The van der Waals surface area contributed by atoms with Crippen molar-refractivity contribution in [2.75, 3.05) is 39.6 Å². The minimum absolute atomic E-state index is 0. The Bertz CT molecular complexity index is 4160. The minimum atomic E-state index is -0.546. The van der Waals surface area contributed by atoms with Gasteiger partial charge < -0.3 is 60.3 Å². The average molecular weight is 1750 g/mol. The van der Waals surface area contributed by atoms with Crippen molar-refractivity contribution in [3.63, 3.8) is 0 Å². The lowest BCUT2D eigenvalue weighted by molar-refractivity contribution is 0.00613. The van der Waals surface area contributed by atoms with E-state index in [1.807, 2.05) is 47.7 Å². The van der Waals surface area contributed by atoms with E-state index in [2.05, 4.69) is 122 Å². The van der Waals surface area contributed by atoms with Gasteiger partial charge in [-0.2, -0.15) is 10.5 Å². The highest BCUT2D eigenvalue weighted by Gasteiger charge is 2.55. The van der Waals surface area contributed by atoms with E-state index in [4.69, 9.17) is 72.8 Å². The predicted octanol–water partition coefficient (Wildman–Crippen LogP) is 13.3. The van der Waals surface area contributed by atoms with Gasteiger partial charge in [-0.15, -0.1) is 12.4 Å². The number of halogens is 7. The number of fused-ring (bicyclic) bond motifs is 4. The molecule has 7 N–H and O–H groups in total. The summed E-state index contributed by atoms with van der Waals surface area (Å²) in [6.07, 6.45) is 32.5. The zero-order valence-corrected chi connectivity index (χ0v) is 67.2. The number of amides is 2. The molecule has 0 aromatic carbocycles. The fourth-order valence-corrected chi connectivity index (χ4v) is 13.0. The van der Waals surface area contributed by atoms with Crippen LogP contribution in [0.3, 0.4) is 0 Å². The molecule has 6 saturated carbocycles. The van der Waals surface area contributed by atoms with Crippen LogP contribution in [0.5, 0.6) is 23.0 Å². The molecule has 6 aliphatic carbocycles. The van der Waals surface area contributed by atoms with Crippen LogP contribution in [0.1, 0.15) is 168 Å². The molecule has 10 aliphatic rings. The summed E-state index contributed by atoms with van der Waals surface area (Å²) in [6, 6.07) is 4.21. The molecule has 558 valence electrons. The van der Waals surface area contributed by atoms with E-state index < -0.39 is 11.2 Å². The topological polar surface area (TPSA) is 341 Å². The fraction of sp³-hybridized carbons (Fsp3) is 0.514. The highest BCUT2D eigenvalue weighted by Crippen LogP contribution is 2.49. The van der Waals surface area contributed by atoms with Crippen molar-refractivity contribution in [1.29, 1.82) is 10.5 Å². The third-order valence-corrected chi connectivity index (χ3v) is 22.3. The van der Waals surface area contributed by atoms with Gasteiger partial charge in [0.1, 0.15) is 83.9 Å².